The van der Waals surface area contributed by atoms with E-state index < -0.39 is 5.60 Å². The van der Waals surface area contributed by atoms with Gasteiger partial charge in [0.15, 0.2) is 5.96 Å². The second-order valence-corrected chi connectivity index (χ2v) is 8.27. The highest BCUT2D eigenvalue weighted by molar-refractivity contribution is 5.78. The van der Waals surface area contributed by atoms with Crippen LogP contribution in [0, 0.1) is 0 Å². The summed E-state index contributed by atoms with van der Waals surface area (Å²) in [6, 6.07) is 10.5. The van der Waals surface area contributed by atoms with E-state index in [1.807, 2.05) is 31.7 Å². The van der Waals surface area contributed by atoms with Gasteiger partial charge in [0.2, 0.25) is 0 Å². The van der Waals surface area contributed by atoms with Gasteiger partial charge in [-0.05, 0) is 46.3 Å². The van der Waals surface area contributed by atoms with Gasteiger partial charge in [-0.15, -0.1) is 0 Å². The minimum atomic E-state index is -0.470. The van der Waals surface area contributed by atoms with Crippen molar-refractivity contribution in [2.24, 2.45) is 10.7 Å². The maximum atomic E-state index is 12.1. The molecule has 0 aromatic heterocycles. The molecule has 1 aliphatic rings. The average Bonchev–Trinajstić information content (AvgIpc) is 2.64. The normalized spacial score (nSPS) is 15.8. The third-order valence-electron chi connectivity index (χ3n) is 4.52. The Balaban J connectivity index is 1.66. The first-order chi connectivity index (χ1) is 13.2. The topological polar surface area (TPSA) is 74.4 Å². The van der Waals surface area contributed by atoms with Crippen LogP contribution in [0.3, 0.4) is 0 Å². The first kappa shape index (κ1) is 22.0. The van der Waals surface area contributed by atoms with Crippen LogP contribution >= 0.6 is 0 Å². The number of nitrogens with two attached hydrogens (primary N) is 1. The van der Waals surface area contributed by atoms with E-state index in [0.29, 0.717) is 38.7 Å². The molecule has 2 rings (SSSR count). The summed E-state index contributed by atoms with van der Waals surface area (Å²) >= 11 is 0. The molecule has 1 aromatic carbocycles. The molecule has 0 spiro atoms. The fourth-order valence-corrected chi connectivity index (χ4v) is 3.05. The van der Waals surface area contributed by atoms with Crippen LogP contribution in [0.2, 0.25) is 0 Å². The van der Waals surface area contributed by atoms with Crippen LogP contribution in [0.5, 0.6) is 0 Å². The van der Waals surface area contributed by atoms with Gasteiger partial charge in [-0.25, -0.2) is 4.79 Å². The minimum absolute atomic E-state index is 0.260. The summed E-state index contributed by atoms with van der Waals surface area (Å²) < 4.78 is 5.42. The van der Waals surface area contributed by atoms with Crippen LogP contribution in [0.15, 0.2) is 35.3 Å². The molecule has 2 N–H and O–H groups in total. The van der Waals surface area contributed by atoms with E-state index in [-0.39, 0.29) is 6.09 Å². The molecular formula is C21H35N5O2. The van der Waals surface area contributed by atoms with E-state index in [9.17, 15) is 4.79 Å². The molecule has 0 radical (unpaired) electrons. The number of piperazine rings is 1. The molecule has 1 aromatic rings. The molecule has 0 bridgehead atoms. The number of carbonyl (C=O) groups is 1. The Labute approximate surface area is 169 Å². The van der Waals surface area contributed by atoms with Gasteiger partial charge in [0.1, 0.15) is 5.60 Å². The van der Waals surface area contributed by atoms with E-state index >= 15 is 0 Å². The van der Waals surface area contributed by atoms with Gasteiger partial charge in [0, 0.05) is 39.3 Å². The lowest BCUT2D eigenvalue weighted by Gasteiger charge is -2.36. The predicted octanol–water partition coefficient (Wildman–Crippen LogP) is 2.38. The zero-order chi connectivity index (χ0) is 20.6. The highest BCUT2D eigenvalue weighted by atomic mass is 16.6. The van der Waals surface area contributed by atoms with Crippen molar-refractivity contribution in [2.75, 3.05) is 46.3 Å². The summed E-state index contributed by atoms with van der Waals surface area (Å²) in [5.74, 6) is 0.564. The molecule has 7 nitrogen and oxygen atoms in total. The van der Waals surface area contributed by atoms with Gasteiger partial charge in [-0.2, -0.15) is 0 Å². The Kier molecular flexibility index (Phi) is 8.11. The van der Waals surface area contributed by atoms with Gasteiger partial charge >= 0.3 is 6.09 Å². The summed E-state index contributed by atoms with van der Waals surface area (Å²) in [7, 11) is 2.12. The van der Waals surface area contributed by atoms with Crippen molar-refractivity contribution in [2.45, 2.75) is 39.3 Å². The second-order valence-electron chi connectivity index (χ2n) is 8.27. The molecule has 0 unspecified atom stereocenters. The molecular weight excluding hydrogens is 354 g/mol. The first-order valence-corrected chi connectivity index (χ1v) is 10.00. The van der Waals surface area contributed by atoms with Gasteiger partial charge in [0.25, 0.3) is 0 Å². The summed E-state index contributed by atoms with van der Waals surface area (Å²) in [5, 5.41) is 0. The van der Waals surface area contributed by atoms with Gasteiger partial charge in [0.05, 0.1) is 0 Å². The molecule has 1 amide bonds. The predicted molar refractivity (Wildman–Crippen MR) is 113 cm³/mol. The number of hydrogen-bond acceptors (Lipinski definition) is 4. The van der Waals surface area contributed by atoms with Gasteiger partial charge in [-0.1, -0.05) is 30.3 Å². The third-order valence-corrected chi connectivity index (χ3v) is 4.52. The lowest BCUT2D eigenvalue weighted by Crippen LogP contribution is -2.53. The van der Waals surface area contributed by atoms with Crippen molar-refractivity contribution in [3.63, 3.8) is 0 Å². The van der Waals surface area contributed by atoms with Crippen LogP contribution in [-0.2, 0) is 11.3 Å². The molecule has 0 aliphatic carbocycles. The Morgan fingerprint density at radius 1 is 1.14 bits per heavy atom. The van der Waals surface area contributed by atoms with Crippen molar-refractivity contribution in [3.05, 3.63) is 35.9 Å². The summed E-state index contributed by atoms with van der Waals surface area (Å²) in [4.78, 5) is 22.7. The number of carbonyl (C=O) groups excluding carboxylic acids is 1. The Morgan fingerprint density at radius 3 is 2.36 bits per heavy atom. The van der Waals surface area contributed by atoms with Crippen LogP contribution in [0.1, 0.15) is 32.8 Å². The molecule has 1 heterocycles. The number of guanidine groups is 1. The number of amides is 1. The van der Waals surface area contributed by atoms with Crippen LogP contribution in [0.4, 0.5) is 4.79 Å². The largest absolute Gasteiger partial charge is 0.444 e. The van der Waals surface area contributed by atoms with Crippen LogP contribution in [-0.4, -0.2) is 78.7 Å². The summed E-state index contributed by atoms with van der Waals surface area (Å²) in [6.07, 6.45) is 0.700. The zero-order valence-electron chi connectivity index (χ0n) is 17.7. The fourth-order valence-electron chi connectivity index (χ4n) is 3.05. The molecule has 1 fully saturated rings. The summed E-state index contributed by atoms with van der Waals surface area (Å²) in [5.41, 5.74) is 6.99. The summed E-state index contributed by atoms with van der Waals surface area (Å²) in [6.45, 7) is 10.8. The third kappa shape index (κ3) is 7.76. The van der Waals surface area contributed by atoms with Crippen LogP contribution < -0.4 is 5.73 Å². The van der Waals surface area contributed by atoms with Crippen molar-refractivity contribution in [1.29, 1.82) is 0 Å². The number of aliphatic imine (C=N–C) groups is 1. The second kappa shape index (κ2) is 10.3. The number of hydrogen-bond donors (Lipinski definition) is 1. The Hall–Kier alpha value is -2.28. The molecule has 7 heteroatoms. The van der Waals surface area contributed by atoms with E-state index in [4.69, 9.17) is 10.5 Å². The van der Waals surface area contributed by atoms with E-state index in [1.54, 1.807) is 4.90 Å². The van der Waals surface area contributed by atoms with Gasteiger partial charge < -0.3 is 25.2 Å². The van der Waals surface area contributed by atoms with Crippen molar-refractivity contribution >= 4 is 12.1 Å². The van der Waals surface area contributed by atoms with Crippen molar-refractivity contribution < 1.29 is 9.53 Å². The Bertz CT molecular complexity index is 634. The average molecular weight is 390 g/mol. The SMILES string of the molecule is CN(CCCN=C(N)N1CCN(C(=O)OC(C)(C)C)CC1)Cc1ccccc1. The monoisotopic (exact) mass is 389 g/mol. The number of rotatable bonds is 6. The van der Waals surface area contributed by atoms with Crippen molar-refractivity contribution in [3.8, 4) is 0 Å². The minimum Gasteiger partial charge on any atom is -0.444 e. The molecule has 0 saturated carbocycles. The van der Waals surface area contributed by atoms with E-state index in [1.165, 1.54) is 5.56 Å². The molecule has 1 aliphatic heterocycles. The standard InChI is InChI=1S/C21H35N5O2/c1-21(2,3)28-20(27)26-15-13-25(14-16-26)19(22)23-11-8-12-24(4)17-18-9-6-5-7-10-18/h5-7,9-10H,8,11-17H2,1-4H3,(H2,22,23). The first-order valence-electron chi connectivity index (χ1n) is 10.00. The van der Waals surface area contributed by atoms with E-state index in [2.05, 4.69) is 41.2 Å². The smallest absolute Gasteiger partial charge is 0.410 e. The van der Waals surface area contributed by atoms with Crippen molar-refractivity contribution in [1.82, 2.24) is 14.7 Å². The maximum Gasteiger partial charge on any atom is 0.410 e. The van der Waals surface area contributed by atoms with E-state index in [0.717, 1.165) is 19.5 Å². The highest BCUT2D eigenvalue weighted by Gasteiger charge is 2.26. The Morgan fingerprint density at radius 2 is 1.75 bits per heavy atom. The molecule has 1 saturated heterocycles. The highest BCUT2D eigenvalue weighted by Crippen LogP contribution is 2.12. The zero-order valence-corrected chi connectivity index (χ0v) is 17.7. The number of benzene rings is 1. The fraction of sp³-hybridized carbons (Fsp3) is 0.619. The maximum absolute atomic E-state index is 12.1. The molecule has 156 valence electrons. The molecule has 28 heavy (non-hydrogen) atoms. The number of ether oxygens (including phenoxy) is 1. The number of nitrogens with zero attached hydrogens (tertiary/aromatic N) is 4. The quantitative estimate of drug-likeness (QED) is 0.459. The van der Waals surface area contributed by atoms with Crippen LogP contribution in [0.25, 0.3) is 0 Å². The lowest BCUT2D eigenvalue weighted by molar-refractivity contribution is 0.0186. The molecule has 0 atom stereocenters. The lowest BCUT2D eigenvalue weighted by atomic mass is 10.2. The van der Waals surface area contributed by atoms with Gasteiger partial charge in [-0.3, -0.25) is 4.99 Å².